The summed E-state index contributed by atoms with van der Waals surface area (Å²) in [6.07, 6.45) is 2.13. The highest BCUT2D eigenvalue weighted by Gasteiger charge is 2.24. The van der Waals surface area contributed by atoms with Gasteiger partial charge in [0.2, 0.25) is 11.8 Å². The molecular weight excluding hydrogens is 322 g/mol. The third-order valence-electron chi connectivity index (χ3n) is 4.69. The van der Waals surface area contributed by atoms with Crippen LogP contribution in [-0.2, 0) is 9.59 Å². The fraction of sp³-hybridized carbons (Fsp3) is 0.556. The van der Waals surface area contributed by atoms with E-state index in [-0.39, 0.29) is 17.7 Å². The summed E-state index contributed by atoms with van der Waals surface area (Å²) in [5.74, 6) is 1.58. The zero-order valence-corrected chi connectivity index (χ0v) is 14.5. The van der Waals surface area contributed by atoms with E-state index in [1.54, 1.807) is 13.1 Å². The summed E-state index contributed by atoms with van der Waals surface area (Å²) in [5.41, 5.74) is 0.715. The van der Waals surface area contributed by atoms with Crippen LogP contribution in [0.2, 0.25) is 0 Å². The van der Waals surface area contributed by atoms with E-state index in [0.717, 1.165) is 25.9 Å². The summed E-state index contributed by atoms with van der Waals surface area (Å²) >= 11 is 0. The Bertz CT molecular complexity index is 627. The zero-order chi connectivity index (χ0) is 17.6. The van der Waals surface area contributed by atoms with Crippen LogP contribution in [0.25, 0.3) is 0 Å². The van der Waals surface area contributed by atoms with Crippen LogP contribution in [0.5, 0.6) is 11.5 Å². The molecule has 2 aliphatic rings. The third-order valence-corrected chi connectivity index (χ3v) is 4.69. The van der Waals surface area contributed by atoms with Gasteiger partial charge >= 0.3 is 0 Å². The lowest BCUT2D eigenvalue weighted by Gasteiger charge is -2.30. The number of piperidine rings is 1. The minimum Gasteiger partial charge on any atom is -0.486 e. The van der Waals surface area contributed by atoms with Gasteiger partial charge in [0.15, 0.2) is 11.5 Å². The van der Waals surface area contributed by atoms with Gasteiger partial charge in [0, 0.05) is 37.7 Å². The Labute approximate surface area is 147 Å². The molecule has 7 heteroatoms. The van der Waals surface area contributed by atoms with Crippen molar-refractivity contribution >= 4 is 17.5 Å². The first kappa shape index (κ1) is 17.5. The Kier molecular flexibility index (Phi) is 5.75. The molecule has 2 heterocycles. The van der Waals surface area contributed by atoms with E-state index in [0.29, 0.717) is 43.4 Å². The van der Waals surface area contributed by atoms with Crippen LogP contribution >= 0.6 is 0 Å². The molecule has 3 rings (SSSR count). The molecule has 2 amide bonds. The van der Waals surface area contributed by atoms with Gasteiger partial charge in [0.1, 0.15) is 13.2 Å². The van der Waals surface area contributed by atoms with E-state index in [4.69, 9.17) is 9.47 Å². The topological polar surface area (TPSA) is 79.9 Å². The summed E-state index contributed by atoms with van der Waals surface area (Å²) < 4.78 is 11.0. The predicted molar refractivity (Wildman–Crippen MR) is 93.9 cm³/mol. The van der Waals surface area contributed by atoms with Gasteiger partial charge < -0.3 is 25.0 Å². The van der Waals surface area contributed by atoms with Crippen molar-refractivity contribution in [2.75, 3.05) is 45.2 Å². The Morgan fingerprint density at radius 3 is 2.60 bits per heavy atom. The molecule has 1 aromatic rings. The Morgan fingerprint density at radius 2 is 1.88 bits per heavy atom. The van der Waals surface area contributed by atoms with Gasteiger partial charge in [0.05, 0.1) is 0 Å². The number of nitrogens with one attached hydrogen (secondary N) is 2. The number of anilines is 1. The van der Waals surface area contributed by atoms with Gasteiger partial charge in [0.25, 0.3) is 0 Å². The summed E-state index contributed by atoms with van der Waals surface area (Å²) in [7, 11) is 1.68. The van der Waals surface area contributed by atoms with Gasteiger partial charge in [-0.1, -0.05) is 0 Å². The number of amides is 2. The monoisotopic (exact) mass is 347 g/mol. The lowest BCUT2D eigenvalue weighted by Crippen LogP contribution is -2.40. The van der Waals surface area contributed by atoms with Crippen LogP contribution in [0.3, 0.4) is 0 Å². The zero-order valence-electron chi connectivity index (χ0n) is 14.5. The maximum Gasteiger partial charge on any atom is 0.225 e. The van der Waals surface area contributed by atoms with Crippen LogP contribution < -0.4 is 20.1 Å². The third kappa shape index (κ3) is 4.63. The van der Waals surface area contributed by atoms with E-state index >= 15 is 0 Å². The number of carbonyl (C=O) groups is 2. The maximum atomic E-state index is 12.2. The van der Waals surface area contributed by atoms with Crippen LogP contribution in [-0.4, -0.2) is 56.6 Å². The normalized spacial score (nSPS) is 17.8. The summed E-state index contributed by atoms with van der Waals surface area (Å²) in [5, 5.41) is 5.61. The lowest BCUT2D eigenvalue weighted by atomic mass is 9.96. The van der Waals surface area contributed by atoms with Gasteiger partial charge in [-0.3, -0.25) is 9.59 Å². The van der Waals surface area contributed by atoms with Gasteiger partial charge in [-0.2, -0.15) is 0 Å². The van der Waals surface area contributed by atoms with E-state index in [1.165, 1.54) is 0 Å². The van der Waals surface area contributed by atoms with Crippen molar-refractivity contribution in [3.63, 3.8) is 0 Å². The first-order valence-electron chi connectivity index (χ1n) is 8.79. The Balaban J connectivity index is 1.42. The molecule has 136 valence electrons. The molecule has 0 aliphatic carbocycles. The Hall–Kier alpha value is -2.28. The molecule has 0 spiro atoms. The number of carbonyl (C=O) groups excluding carboxylic acids is 2. The number of benzene rings is 1. The molecular formula is C18H25N3O4. The number of ether oxygens (including phenoxy) is 2. The van der Waals surface area contributed by atoms with Crippen LogP contribution in [0, 0.1) is 5.92 Å². The van der Waals surface area contributed by atoms with E-state index in [1.807, 2.05) is 12.1 Å². The number of nitrogens with zero attached hydrogens (tertiary/aromatic N) is 1. The predicted octanol–water partition coefficient (Wildman–Crippen LogP) is 1.24. The van der Waals surface area contributed by atoms with Gasteiger partial charge in [-0.05, 0) is 38.1 Å². The minimum atomic E-state index is -0.0231. The van der Waals surface area contributed by atoms with Gasteiger partial charge in [-0.25, -0.2) is 0 Å². The summed E-state index contributed by atoms with van der Waals surface area (Å²) in [4.78, 5) is 26.0. The molecule has 1 saturated heterocycles. The molecule has 25 heavy (non-hydrogen) atoms. The molecule has 7 nitrogen and oxygen atoms in total. The number of fused-ring (bicyclic) bond motifs is 1. The van der Waals surface area contributed by atoms with Crippen molar-refractivity contribution in [3.05, 3.63) is 18.2 Å². The maximum absolute atomic E-state index is 12.2. The minimum absolute atomic E-state index is 0.0231. The molecule has 0 aromatic heterocycles. The van der Waals surface area contributed by atoms with E-state index < -0.39 is 0 Å². The van der Waals surface area contributed by atoms with Crippen molar-refractivity contribution in [1.82, 2.24) is 10.2 Å². The number of hydrogen-bond donors (Lipinski definition) is 2. The Morgan fingerprint density at radius 1 is 1.16 bits per heavy atom. The molecule has 0 radical (unpaired) electrons. The van der Waals surface area contributed by atoms with E-state index in [9.17, 15) is 9.59 Å². The van der Waals surface area contributed by atoms with Crippen molar-refractivity contribution in [3.8, 4) is 11.5 Å². The number of likely N-dealkylation sites (tertiary alicyclic amines) is 1. The van der Waals surface area contributed by atoms with Crippen molar-refractivity contribution in [1.29, 1.82) is 0 Å². The van der Waals surface area contributed by atoms with Crippen LogP contribution in [0.4, 0.5) is 5.69 Å². The first-order valence-corrected chi connectivity index (χ1v) is 8.79. The summed E-state index contributed by atoms with van der Waals surface area (Å²) in [6, 6.07) is 5.43. The first-order chi connectivity index (χ1) is 12.2. The van der Waals surface area contributed by atoms with Crippen molar-refractivity contribution in [2.24, 2.45) is 5.92 Å². The molecule has 0 atom stereocenters. The summed E-state index contributed by atoms with van der Waals surface area (Å²) in [6.45, 7) is 3.49. The molecule has 1 fully saturated rings. The molecule has 0 unspecified atom stereocenters. The second kappa shape index (κ2) is 8.20. The average molecular weight is 347 g/mol. The SMILES string of the molecule is CNC(=O)C1CCN(CCC(=O)Nc2ccc3c(c2)OCCO3)CC1. The highest BCUT2D eigenvalue weighted by atomic mass is 16.6. The standard InChI is InChI=1S/C18H25N3O4/c1-19-18(23)13-4-7-21(8-5-13)9-6-17(22)20-14-2-3-15-16(12-14)25-11-10-24-15/h2-3,12-13H,4-11H2,1H3,(H,19,23)(H,20,22). The molecule has 2 N–H and O–H groups in total. The van der Waals surface area contributed by atoms with E-state index in [2.05, 4.69) is 15.5 Å². The second-order valence-electron chi connectivity index (χ2n) is 6.39. The smallest absolute Gasteiger partial charge is 0.225 e. The van der Waals surface area contributed by atoms with Crippen molar-refractivity contribution < 1.29 is 19.1 Å². The fourth-order valence-electron chi connectivity index (χ4n) is 3.23. The average Bonchev–Trinajstić information content (AvgIpc) is 2.66. The number of hydrogen-bond acceptors (Lipinski definition) is 5. The fourth-order valence-corrected chi connectivity index (χ4v) is 3.23. The number of rotatable bonds is 5. The molecule has 1 aromatic carbocycles. The highest BCUT2D eigenvalue weighted by molar-refractivity contribution is 5.91. The van der Waals surface area contributed by atoms with Gasteiger partial charge in [-0.15, -0.1) is 0 Å². The highest BCUT2D eigenvalue weighted by Crippen LogP contribution is 2.32. The molecule has 0 saturated carbocycles. The lowest BCUT2D eigenvalue weighted by molar-refractivity contribution is -0.126. The second-order valence-corrected chi connectivity index (χ2v) is 6.39. The largest absolute Gasteiger partial charge is 0.486 e. The quantitative estimate of drug-likeness (QED) is 0.838. The van der Waals surface area contributed by atoms with Crippen molar-refractivity contribution in [2.45, 2.75) is 19.3 Å². The molecule has 0 bridgehead atoms. The molecule has 2 aliphatic heterocycles. The van der Waals surface area contributed by atoms with Crippen LogP contribution in [0.1, 0.15) is 19.3 Å². The van der Waals surface area contributed by atoms with Crippen LogP contribution in [0.15, 0.2) is 18.2 Å².